The van der Waals surface area contributed by atoms with Crippen molar-refractivity contribution >= 4 is 35.0 Å². The van der Waals surface area contributed by atoms with E-state index < -0.39 is 6.04 Å². The first-order chi connectivity index (χ1) is 23.8. The van der Waals surface area contributed by atoms with E-state index in [9.17, 15) is 19.2 Å². The number of rotatable bonds is 6. The number of fused-ring (bicyclic) bond motifs is 4. The fourth-order valence-corrected chi connectivity index (χ4v) is 9.63. The highest BCUT2D eigenvalue weighted by Gasteiger charge is 2.44. The molecule has 6 aliphatic rings. The average molecular weight is 691 g/mol. The molecular formula is C37H50N6O5S. The third kappa shape index (κ3) is 8.02. The third-order valence-corrected chi connectivity index (χ3v) is 12.6. The summed E-state index contributed by atoms with van der Waals surface area (Å²) in [5, 5.41) is 7.88. The number of nitrogens with zero attached hydrogens (tertiary/aromatic N) is 4. The number of carbonyl (C=O) groups excluding carboxylic acids is 4. The molecule has 8 rings (SSSR count). The van der Waals surface area contributed by atoms with Crippen LogP contribution in [0.4, 0.5) is 0 Å². The fraction of sp³-hybridized carbons (Fsp3) is 0.649. The second-order valence-corrected chi connectivity index (χ2v) is 15.9. The van der Waals surface area contributed by atoms with E-state index in [0.29, 0.717) is 64.6 Å². The molecule has 6 bridgehead atoms. The van der Waals surface area contributed by atoms with E-state index in [1.54, 1.807) is 11.3 Å². The Balaban J connectivity index is 1.13. The Morgan fingerprint density at radius 1 is 0.939 bits per heavy atom. The van der Waals surface area contributed by atoms with Crippen molar-refractivity contribution in [3.05, 3.63) is 51.5 Å². The van der Waals surface area contributed by atoms with Crippen molar-refractivity contribution in [2.45, 2.75) is 95.3 Å². The summed E-state index contributed by atoms with van der Waals surface area (Å²) in [7, 11) is 0. The molecule has 0 aliphatic carbocycles. The number of hydrogen-bond donors (Lipinski definition) is 2. The average Bonchev–Trinajstić information content (AvgIpc) is 3.71. The fourth-order valence-electron chi connectivity index (χ4n) is 8.52. The molecule has 4 saturated heterocycles. The number of aryl methyl sites for hydroxylation is 1. The van der Waals surface area contributed by atoms with Gasteiger partial charge in [0, 0.05) is 88.2 Å². The van der Waals surface area contributed by atoms with E-state index in [-0.39, 0.29) is 60.3 Å². The Morgan fingerprint density at radius 2 is 1.69 bits per heavy atom. The van der Waals surface area contributed by atoms with Crippen molar-refractivity contribution in [2.24, 2.45) is 11.8 Å². The van der Waals surface area contributed by atoms with Crippen LogP contribution in [0.1, 0.15) is 78.4 Å². The Hall–Kier alpha value is -3.35. The molecule has 0 unspecified atom stereocenters. The zero-order valence-corrected chi connectivity index (χ0v) is 29.4. The summed E-state index contributed by atoms with van der Waals surface area (Å²) in [4.78, 5) is 67.3. The van der Waals surface area contributed by atoms with Crippen molar-refractivity contribution in [2.75, 3.05) is 45.9 Å². The van der Waals surface area contributed by atoms with Gasteiger partial charge in [0.25, 0.3) is 0 Å². The first kappa shape index (κ1) is 34.1. The zero-order valence-electron chi connectivity index (χ0n) is 28.6. The molecule has 11 nitrogen and oxygen atoms in total. The van der Waals surface area contributed by atoms with Crippen LogP contribution >= 0.6 is 11.3 Å². The standard InChI is InChI=1S/C37H50N6O5S/c1-24-31-20-34(45)42-14-9-27(17-33(44)38-21-25-5-3-2-4-6-25)28(22-42)18-35(46)43-23-30(39-29-10-15-48-16-11-29)19-32(43)37(47)41-12-7-26(8-13-41)36(40-31)49-24/h2-6,26-30,32,39H,7-23H2,1H3,(H,38,44)/t27-,28-,30-,32-/m0/s1. The number of thiazole rings is 1. The minimum Gasteiger partial charge on any atom is -0.381 e. The second kappa shape index (κ2) is 15.3. The smallest absolute Gasteiger partial charge is 0.245 e. The van der Waals surface area contributed by atoms with Crippen molar-refractivity contribution in [1.29, 1.82) is 0 Å². The number of amides is 4. The van der Waals surface area contributed by atoms with Gasteiger partial charge in [-0.1, -0.05) is 30.3 Å². The quantitative estimate of drug-likeness (QED) is 0.478. The Morgan fingerprint density at radius 3 is 2.47 bits per heavy atom. The monoisotopic (exact) mass is 690 g/mol. The van der Waals surface area contributed by atoms with Crippen LogP contribution in [0.25, 0.3) is 0 Å². The summed E-state index contributed by atoms with van der Waals surface area (Å²) in [6.07, 6.45) is 5.51. The molecule has 6 aliphatic heterocycles. The minimum atomic E-state index is -0.514. The SMILES string of the molecule is Cc1sc2nc1CC(=O)N1CC[C@@H](CC(=O)NCc3ccccc3)[C@@H](CC(=O)N3C[C@@H](NC4CCOCC4)C[C@H]3C(=O)N3CCC2CC3)C1. The lowest BCUT2D eigenvalue weighted by molar-refractivity contribution is -0.146. The number of hydrogen-bond acceptors (Lipinski definition) is 8. The zero-order chi connectivity index (χ0) is 33.9. The number of carbonyl (C=O) groups is 4. The van der Waals surface area contributed by atoms with E-state index in [4.69, 9.17) is 9.72 Å². The lowest BCUT2D eigenvalue weighted by atomic mass is 9.80. The summed E-state index contributed by atoms with van der Waals surface area (Å²) in [6, 6.07) is 9.67. The van der Waals surface area contributed by atoms with Crippen LogP contribution in [0, 0.1) is 18.8 Å². The van der Waals surface area contributed by atoms with Gasteiger partial charge in [0.2, 0.25) is 23.6 Å². The topological polar surface area (TPSA) is 124 Å². The van der Waals surface area contributed by atoms with E-state index in [1.165, 1.54) is 0 Å². The normalized spacial score (nSPS) is 28.5. The van der Waals surface area contributed by atoms with Gasteiger partial charge in [0.1, 0.15) is 6.04 Å². The molecular weight excluding hydrogens is 641 g/mol. The molecule has 0 spiro atoms. The highest BCUT2D eigenvalue weighted by Crippen LogP contribution is 2.36. The molecule has 2 aromatic rings. The lowest BCUT2D eigenvalue weighted by Crippen LogP contribution is -2.51. The molecule has 0 radical (unpaired) electrons. The number of aromatic nitrogens is 1. The summed E-state index contributed by atoms with van der Waals surface area (Å²) in [5.41, 5.74) is 1.87. The molecule has 2 N–H and O–H groups in total. The van der Waals surface area contributed by atoms with Gasteiger partial charge in [-0.2, -0.15) is 0 Å². The van der Waals surface area contributed by atoms with Gasteiger partial charge in [-0.05, 0) is 62.8 Å². The maximum absolute atomic E-state index is 14.4. The van der Waals surface area contributed by atoms with Crippen LogP contribution in [-0.4, -0.2) is 107 Å². The summed E-state index contributed by atoms with van der Waals surface area (Å²) < 4.78 is 5.57. The van der Waals surface area contributed by atoms with Gasteiger partial charge in [-0.25, -0.2) is 4.98 Å². The first-order valence-corrected chi connectivity index (χ1v) is 19.1. The summed E-state index contributed by atoms with van der Waals surface area (Å²) in [6.45, 7) is 6.68. The Labute approximate surface area is 293 Å². The van der Waals surface area contributed by atoms with Crippen LogP contribution in [0.15, 0.2) is 30.3 Å². The second-order valence-electron chi connectivity index (χ2n) is 14.7. The van der Waals surface area contributed by atoms with Gasteiger partial charge in [0.05, 0.1) is 17.1 Å². The maximum Gasteiger partial charge on any atom is 0.245 e. The van der Waals surface area contributed by atoms with E-state index >= 15 is 0 Å². The Kier molecular flexibility index (Phi) is 10.6. The number of benzene rings is 1. The largest absolute Gasteiger partial charge is 0.381 e. The van der Waals surface area contributed by atoms with Gasteiger partial charge in [-0.15, -0.1) is 11.3 Å². The summed E-state index contributed by atoms with van der Waals surface area (Å²) in [5.74, 6) is -0.00419. The van der Waals surface area contributed by atoms with Crippen LogP contribution in [-0.2, 0) is 36.9 Å². The van der Waals surface area contributed by atoms with Crippen molar-refractivity contribution in [3.63, 3.8) is 0 Å². The van der Waals surface area contributed by atoms with Crippen LogP contribution in [0.2, 0.25) is 0 Å². The van der Waals surface area contributed by atoms with Crippen LogP contribution in [0.5, 0.6) is 0 Å². The van der Waals surface area contributed by atoms with Crippen molar-refractivity contribution in [1.82, 2.24) is 30.3 Å². The lowest BCUT2D eigenvalue weighted by Gasteiger charge is -2.39. The number of ether oxygens (including phenoxy) is 1. The summed E-state index contributed by atoms with van der Waals surface area (Å²) >= 11 is 1.68. The predicted octanol–water partition coefficient (Wildman–Crippen LogP) is 3.01. The predicted molar refractivity (Wildman–Crippen MR) is 186 cm³/mol. The number of piperidine rings is 2. The highest BCUT2D eigenvalue weighted by atomic mass is 32.1. The Bertz CT molecular complexity index is 1500. The maximum atomic E-state index is 14.4. The highest BCUT2D eigenvalue weighted by molar-refractivity contribution is 7.11. The first-order valence-electron chi connectivity index (χ1n) is 18.3. The van der Waals surface area contributed by atoms with Gasteiger partial charge < -0.3 is 30.1 Å². The molecule has 4 atom stereocenters. The van der Waals surface area contributed by atoms with E-state index in [0.717, 1.165) is 60.0 Å². The van der Waals surface area contributed by atoms with Crippen LogP contribution in [0.3, 0.4) is 0 Å². The molecule has 1 aromatic heterocycles. The van der Waals surface area contributed by atoms with E-state index in [2.05, 4.69) is 10.6 Å². The van der Waals surface area contributed by atoms with Crippen molar-refractivity contribution in [3.8, 4) is 0 Å². The van der Waals surface area contributed by atoms with Gasteiger partial charge in [-0.3, -0.25) is 19.2 Å². The van der Waals surface area contributed by atoms with Crippen LogP contribution < -0.4 is 10.6 Å². The third-order valence-electron chi connectivity index (χ3n) is 11.4. The van der Waals surface area contributed by atoms with Gasteiger partial charge >= 0.3 is 0 Å². The molecule has 7 heterocycles. The molecule has 12 heteroatoms. The molecule has 4 fully saturated rings. The molecule has 264 valence electrons. The molecule has 4 amide bonds. The number of nitrogens with one attached hydrogen (secondary N) is 2. The van der Waals surface area contributed by atoms with Gasteiger partial charge in [0.15, 0.2) is 0 Å². The van der Waals surface area contributed by atoms with E-state index in [1.807, 2.05) is 52.0 Å². The minimum absolute atomic E-state index is 0.0264. The molecule has 0 saturated carbocycles. The molecule has 49 heavy (non-hydrogen) atoms. The molecule has 1 aromatic carbocycles. The van der Waals surface area contributed by atoms with Crippen molar-refractivity contribution < 1.29 is 23.9 Å².